The van der Waals surface area contributed by atoms with E-state index >= 15 is 0 Å². The lowest BCUT2D eigenvalue weighted by Gasteiger charge is -2.17. The number of thiophene rings is 1. The van der Waals surface area contributed by atoms with Crippen LogP contribution in [-0.4, -0.2) is 20.7 Å². The van der Waals surface area contributed by atoms with Gasteiger partial charge in [-0.25, -0.2) is 9.66 Å². The SMILES string of the molecule is Cc1nc2sc3c(c2c(=O)n1NC(=O)c1cc(-c2ccccc2)on1)CCC(C)C3. The van der Waals surface area contributed by atoms with Crippen LogP contribution in [-0.2, 0) is 12.8 Å². The van der Waals surface area contributed by atoms with Gasteiger partial charge < -0.3 is 4.52 Å². The van der Waals surface area contributed by atoms with Crippen molar-refractivity contribution >= 4 is 27.5 Å². The van der Waals surface area contributed by atoms with Gasteiger partial charge in [-0.15, -0.1) is 11.3 Å². The van der Waals surface area contributed by atoms with Gasteiger partial charge in [0.25, 0.3) is 11.5 Å². The Balaban J connectivity index is 1.49. The molecule has 0 saturated carbocycles. The maximum atomic E-state index is 13.2. The third-order valence-electron chi connectivity index (χ3n) is 5.51. The van der Waals surface area contributed by atoms with Gasteiger partial charge in [0.2, 0.25) is 0 Å². The summed E-state index contributed by atoms with van der Waals surface area (Å²) in [7, 11) is 0. The lowest BCUT2D eigenvalue weighted by molar-refractivity contribution is 0.0997. The van der Waals surface area contributed by atoms with Crippen molar-refractivity contribution in [2.75, 3.05) is 5.43 Å². The third kappa shape index (κ3) is 3.13. The number of rotatable bonds is 3. The number of carbonyl (C=O) groups excluding carboxylic acids is 1. The van der Waals surface area contributed by atoms with Crippen LogP contribution in [0.1, 0.15) is 40.1 Å². The quantitative estimate of drug-likeness (QED) is 0.542. The number of aromatic nitrogens is 3. The highest BCUT2D eigenvalue weighted by atomic mass is 32.1. The second-order valence-electron chi connectivity index (χ2n) is 7.71. The fourth-order valence-electron chi connectivity index (χ4n) is 3.90. The summed E-state index contributed by atoms with van der Waals surface area (Å²) in [6, 6.07) is 11.0. The largest absolute Gasteiger partial charge is 0.355 e. The molecule has 0 bridgehead atoms. The van der Waals surface area contributed by atoms with Crippen LogP contribution < -0.4 is 11.0 Å². The summed E-state index contributed by atoms with van der Waals surface area (Å²) < 4.78 is 6.51. The Kier molecular flexibility index (Phi) is 4.51. The molecule has 30 heavy (non-hydrogen) atoms. The molecule has 1 aliphatic rings. The second kappa shape index (κ2) is 7.21. The maximum absolute atomic E-state index is 13.2. The van der Waals surface area contributed by atoms with Crippen LogP contribution in [0.2, 0.25) is 0 Å². The minimum atomic E-state index is -0.523. The van der Waals surface area contributed by atoms with E-state index < -0.39 is 5.91 Å². The second-order valence-corrected chi connectivity index (χ2v) is 8.80. The fraction of sp³-hybridized carbons (Fsp3) is 0.273. The zero-order valence-corrected chi connectivity index (χ0v) is 17.5. The van der Waals surface area contributed by atoms with Crippen molar-refractivity contribution in [2.24, 2.45) is 5.92 Å². The van der Waals surface area contributed by atoms with Crippen molar-refractivity contribution in [2.45, 2.75) is 33.1 Å². The van der Waals surface area contributed by atoms with Crippen LogP contribution in [0.3, 0.4) is 0 Å². The van der Waals surface area contributed by atoms with Gasteiger partial charge in [-0.2, -0.15) is 0 Å². The van der Waals surface area contributed by atoms with Gasteiger partial charge in [0.15, 0.2) is 11.5 Å². The van der Waals surface area contributed by atoms with Crippen LogP contribution >= 0.6 is 11.3 Å². The van der Waals surface area contributed by atoms with Crippen molar-refractivity contribution in [3.05, 3.63) is 68.7 Å². The van der Waals surface area contributed by atoms with Crippen molar-refractivity contribution in [1.29, 1.82) is 0 Å². The summed E-state index contributed by atoms with van der Waals surface area (Å²) in [5, 5.41) is 4.48. The van der Waals surface area contributed by atoms with E-state index in [9.17, 15) is 9.59 Å². The zero-order valence-electron chi connectivity index (χ0n) is 16.6. The predicted molar refractivity (Wildman–Crippen MR) is 115 cm³/mol. The van der Waals surface area contributed by atoms with E-state index in [1.807, 2.05) is 30.3 Å². The molecule has 1 N–H and O–H groups in total. The molecule has 0 radical (unpaired) electrons. The summed E-state index contributed by atoms with van der Waals surface area (Å²) in [5.41, 5.74) is 4.40. The molecule has 0 aliphatic heterocycles. The molecule has 1 amide bonds. The van der Waals surface area contributed by atoms with Crippen LogP contribution in [0.25, 0.3) is 21.5 Å². The van der Waals surface area contributed by atoms with E-state index in [1.165, 1.54) is 9.55 Å². The first kappa shape index (κ1) is 18.7. The number of benzene rings is 1. The van der Waals surface area contributed by atoms with E-state index in [0.717, 1.165) is 35.2 Å². The molecule has 3 aromatic heterocycles. The molecule has 5 rings (SSSR count). The molecule has 3 heterocycles. The number of amides is 1. The van der Waals surface area contributed by atoms with Gasteiger partial charge in [-0.1, -0.05) is 42.4 Å². The minimum absolute atomic E-state index is 0.0985. The molecule has 0 spiro atoms. The van der Waals surface area contributed by atoms with Gasteiger partial charge in [-0.3, -0.25) is 15.0 Å². The molecule has 1 aliphatic carbocycles. The summed E-state index contributed by atoms with van der Waals surface area (Å²) in [6.07, 6.45) is 2.90. The number of carbonyl (C=O) groups is 1. The smallest absolute Gasteiger partial charge is 0.292 e. The van der Waals surface area contributed by atoms with Crippen LogP contribution in [0, 0.1) is 12.8 Å². The standard InChI is InChI=1S/C22H20N4O3S/c1-12-8-9-15-18(10-12)30-21-19(15)22(28)26(13(2)23-21)24-20(27)16-11-17(29-25-16)14-6-4-3-5-7-14/h3-7,11-12H,8-10H2,1-2H3,(H,24,27). The lowest BCUT2D eigenvalue weighted by Crippen LogP contribution is -2.35. The van der Waals surface area contributed by atoms with Gasteiger partial charge >= 0.3 is 0 Å². The van der Waals surface area contributed by atoms with Gasteiger partial charge in [0.05, 0.1) is 5.39 Å². The Hall–Kier alpha value is -3.26. The van der Waals surface area contributed by atoms with E-state index in [0.29, 0.717) is 22.9 Å². The first-order valence-electron chi connectivity index (χ1n) is 9.88. The molecule has 4 aromatic rings. The van der Waals surface area contributed by atoms with E-state index in [1.54, 1.807) is 24.3 Å². The molecule has 1 atom stereocenters. The Morgan fingerprint density at radius 1 is 1.30 bits per heavy atom. The molecule has 7 nitrogen and oxygen atoms in total. The van der Waals surface area contributed by atoms with Crippen molar-refractivity contribution < 1.29 is 9.32 Å². The molecular formula is C22H20N4O3S. The van der Waals surface area contributed by atoms with Gasteiger partial charge in [0.1, 0.15) is 10.7 Å². The summed E-state index contributed by atoms with van der Waals surface area (Å²) in [6.45, 7) is 3.94. The molecular weight excluding hydrogens is 400 g/mol. The van der Waals surface area contributed by atoms with E-state index in [4.69, 9.17) is 4.52 Å². The number of aryl methyl sites for hydroxylation is 2. The highest BCUT2D eigenvalue weighted by Crippen LogP contribution is 2.35. The topological polar surface area (TPSA) is 90.0 Å². The number of nitrogens with one attached hydrogen (secondary N) is 1. The molecule has 8 heteroatoms. The van der Waals surface area contributed by atoms with Crippen molar-refractivity contribution in [3.63, 3.8) is 0 Å². The Bertz CT molecular complexity index is 1320. The molecule has 0 saturated heterocycles. The van der Waals surface area contributed by atoms with Crippen LogP contribution in [0.5, 0.6) is 0 Å². The highest BCUT2D eigenvalue weighted by Gasteiger charge is 2.25. The summed E-state index contributed by atoms with van der Waals surface area (Å²) in [5.74, 6) is 1.00. The van der Waals surface area contributed by atoms with Gasteiger partial charge in [0, 0.05) is 16.5 Å². The zero-order chi connectivity index (χ0) is 20.8. The molecule has 0 fully saturated rings. The Morgan fingerprint density at radius 3 is 2.90 bits per heavy atom. The predicted octanol–water partition coefficient (Wildman–Crippen LogP) is 3.93. The molecule has 1 unspecified atom stereocenters. The first-order valence-corrected chi connectivity index (χ1v) is 10.7. The summed E-state index contributed by atoms with van der Waals surface area (Å²) >= 11 is 1.59. The minimum Gasteiger partial charge on any atom is -0.355 e. The average molecular weight is 420 g/mol. The maximum Gasteiger partial charge on any atom is 0.292 e. The number of hydrogen-bond acceptors (Lipinski definition) is 6. The van der Waals surface area contributed by atoms with E-state index in [-0.39, 0.29) is 11.3 Å². The lowest BCUT2D eigenvalue weighted by atomic mass is 9.89. The van der Waals surface area contributed by atoms with Crippen molar-refractivity contribution in [1.82, 2.24) is 14.8 Å². The Labute approximate surface area is 176 Å². The van der Waals surface area contributed by atoms with E-state index in [2.05, 4.69) is 22.5 Å². The van der Waals surface area contributed by atoms with Gasteiger partial charge in [-0.05, 0) is 37.7 Å². The molecule has 152 valence electrons. The molecule has 1 aromatic carbocycles. The highest BCUT2D eigenvalue weighted by molar-refractivity contribution is 7.18. The summed E-state index contributed by atoms with van der Waals surface area (Å²) in [4.78, 5) is 32.6. The third-order valence-corrected chi connectivity index (χ3v) is 6.66. The monoisotopic (exact) mass is 420 g/mol. The average Bonchev–Trinajstić information content (AvgIpc) is 3.36. The number of nitrogens with zero attached hydrogens (tertiary/aromatic N) is 3. The first-order chi connectivity index (χ1) is 14.5. The number of fused-ring (bicyclic) bond motifs is 3. The Morgan fingerprint density at radius 2 is 2.10 bits per heavy atom. The fourth-order valence-corrected chi connectivity index (χ4v) is 5.32. The van der Waals surface area contributed by atoms with Crippen LogP contribution in [0.4, 0.5) is 0 Å². The number of hydrogen-bond donors (Lipinski definition) is 1. The van der Waals surface area contributed by atoms with Crippen LogP contribution in [0.15, 0.2) is 45.7 Å². The van der Waals surface area contributed by atoms with Crippen molar-refractivity contribution in [3.8, 4) is 11.3 Å². The normalized spacial score (nSPS) is 15.9.